The molecule has 3 heterocycles. The summed E-state index contributed by atoms with van der Waals surface area (Å²) in [7, 11) is 0. The van der Waals surface area contributed by atoms with Crippen LogP contribution >= 0.6 is 11.3 Å². The number of piperazine rings is 1. The van der Waals surface area contributed by atoms with E-state index in [1.54, 1.807) is 6.07 Å². The molecule has 8 heteroatoms. The third-order valence-corrected chi connectivity index (χ3v) is 5.83. The Morgan fingerprint density at radius 2 is 1.86 bits per heavy atom. The van der Waals surface area contributed by atoms with Gasteiger partial charge in [0.05, 0.1) is 11.9 Å². The predicted molar refractivity (Wildman–Crippen MR) is 114 cm³/mol. The topological polar surface area (TPSA) is 78.4 Å². The summed E-state index contributed by atoms with van der Waals surface area (Å²) < 4.78 is 0. The van der Waals surface area contributed by atoms with Crippen molar-refractivity contribution in [3.8, 4) is 0 Å². The van der Waals surface area contributed by atoms with E-state index in [1.807, 2.05) is 22.4 Å². The Hall–Kier alpha value is -3.26. The van der Waals surface area contributed by atoms with Crippen LogP contribution in [0, 0.1) is 6.92 Å². The summed E-state index contributed by atoms with van der Waals surface area (Å²) in [4.78, 5) is 38.0. The number of benzene rings is 1. The molecule has 1 aliphatic heterocycles. The van der Waals surface area contributed by atoms with Gasteiger partial charge >= 0.3 is 0 Å². The number of thiophene rings is 1. The van der Waals surface area contributed by atoms with E-state index >= 15 is 0 Å². The Kier molecular flexibility index (Phi) is 5.53. The summed E-state index contributed by atoms with van der Waals surface area (Å²) in [6, 6.07) is 10.0. The first kappa shape index (κ1) is 19.1. The third kappa shape index (κ3) is 4.12. The van der Waals surface area contributed by atoms with Gasteiger partial charge in [-0.3, -0.25) is 14.6 Å². The molecule has 0 aliphatic carbocycles. The molecule has 0 atom stereocenters. The van der Waals surface area contributed by atoms with E-state index in [0.29, 0.717) is 23.7 Å². The Bertz CT molecular complexity index is 1010. The highest BCUT2D eigenvalue weighted by molar-refractivity contribution is 7.12. The number of anilines is 2. The molecule has 29 heavy (non-hydrogen) atoms. The van der Waals surface area contributed by atoms with E-state index in [4.69, 9.17) is 0 Å². The molecule has 2 aromatic heterocycles. The van der Waals surface area contributed by atoms with Crippen LogP contribution in [0.1, 0.15) is 25.7 Å². The minimum atomic E-state index is -0.380. The van der Waals surface area contributed by atoms with Crippen LogP contribution in [0.2, 0.25) is 0 Å². The molecule has 0 saturated carbocycles. The maximum atomic E-state index is 13.0. The van der Waals surface area contributed by atoms with Crippen molar-refractivity contribution in [3.63, 3.8) is 0 Å². The van der Waals surface area contributed by atoms with Gasteiger partial charge in [-0.1, -0.05) is 18.2 Å². The van der Waals surface area contributed by atoms with Crippen LogP contribution in [0.25, 0.3) is 0 Å². The number of rotatable bonds is 4. The van der Waals surface area contributed by atoms with Crippen LogP contribution in [0.3, 0.4) is 0 Å². The fourth-order valence-electron chi connectivity index (χ4n) is 3.39. The fraction of sp³-hybridized carbons (Fsp3) is 0.238. The second-order valence-electron chi connectivity index (χ2n) is 6.77. The predicted octanol–water partition coefficient (Wildman–Crippen LogP) is 3.06. The number of amides is 2. The average molecular weight is 407 g/mol. The molecule has 0 unspecified atom stereocenters. The van der Waals surface area contributed by atoms with Crippen molar-refractivity contribution in [1.29, 1.82) is 0 Å². The molecule has 7 nitrogen and oxygen atoms in total. The van der Waals surface area contributed by atoms with Crippen LogP contribution < -0.4 is 10.2 Å². The maximum Gasteiger partial charge on any atom is 0.275 e. The molecule has 4 rings (SSSR count). The molecule has 1 aliphatic rings. The zero-order chi connectivity index (χ0) is 20.2. The number of carbonyl (C=O) groups excluding carboxylic acids is 2. The number of hydrogen-bond donors (Lipinski definition) is 1. The van der Waals surface area contributed by atoms with Crippen LogP contribution in [-0.4, -0.2) is 52.9 Å². The summed E-state index contributed by atoms with van der Waals surface area (Å²) in [5.41, 5.74) is 3.17. The second-order valence-corrected chi connectivity index (χ2v) is 7.69. The van der Waals surface area contributed by atoms with Crippen LogP contribution in [0.5, 0.6) is 0 Å². The first-order valence-corrected chi connectivity index (χ1v) is 10.3. The molecule has 0 radical (unpaired) electrons. The molecule has 2 amide bonds. The van der Waals surface area contributed by atoms with Gasteiger partial charge in [0.2, 0.25) is 0 Å². The van der Waals surface area contributed by atoms with E-state index < -0.39 is 0 Å². The smallest absolute Gasteiger partial charge is 0.275 e. The van der Waals surface area contributed by atoms with Gasteiger partial charge in [0, 0.05) is 44.3 Å². The van der Waals surface area contributed by atoms with Crippen molar-refractivity contribution >= 4 is 34.5 Å². The van der Waals surface area contributed by atoms with Crippen molar-refractivity contribution in [2.24, 2.45) is 0 Å². The quantitative estimate of drug-likeness (QED) is 0.719. The number of hydrogen-bond acceptors (Lipinski definition) is 6. The molecule has 1 aromatic carbocycles. The molecule has 0 spiro atoms. The monoisotopic (exact) mass is 407 g/mol. The molecule has 0 bridgehead atoms. The lowest BCUT2D eigenvalue weighted by atomic mass is 10.1. The summed E-state index contributed by atoms with van der Waals surface area (Å²) in [6.07, 6.45) is 4.36. The summed E-state index contributed by atoms with van der Waals surface area (Å²) >= 11 is 1.33. The SMILES string of the molecule is Cc1ccccc1N1CCN(C(=O)c2sccc2NC(=O)c2cnccn2)CC1. The minimum Gasteiger partial charge on any atom is -0.368 e. The molecular weight excluding hydrogens is 386 g/mol. The maximum absolute atomic E-state index is 13.0. The van der Waals surface area contributed by atoms with Gasteiger partial charge in [0.25, 0.3) is 11.8 Å². The van der Waals surface area contributed by atoms with Crippen molar-refractivity contribution in [3.05, 3.63) is 70.4 Å². The lowest BCUT2D eigenvalue weighted by Crippen LogP contribution is -2.49. The van der Waals surface area contributed by atoms with Crippen LogP contribution in [0.4, 0.5) is 11.4 Å². The zero-order valence-corrected chi connectivity index (χ0v) is 16.9. The molecule has 148 valence electrons. The first-order chi connectivity index (χ1) is 14.1. The number of aromatic nitrogens is 2. The second kappa shape index (κ2) is 8.40. The number of nitrogens with zero attached hydrogens (tertiary/aromatic N) is 4. The van der Waals surface area contributed by atoms with Gasteiger partial charge in [-0.2, -0.15) is 0 Å². The number of aryl methyl sites for hydroxylation is 1. The number of nitrogens with one attached hydrogen (secondary N) is 1. The summed E-state index contributed by atoms with van der Waals surface area (Å²) in [6.45, 7) is 4.95. The highest BCUT2D eigenvalue weighted by Gasteiger charge is 2.26. The summed E-state index contributed by atoms with van der Waals surface area (Å²) in [5.74, 6) is -0.436. The minimum absolute atomic E-state index is 0.0566. The summed E-state index contributed by atoms with van der Waals surface area (Å²) in [5, 5.41) is 4.59. The normalized spacial score (nSPS) is 14.0. The number of carbonyl (C=O) groups is 2. The molecule has 3 aromatic rings. The number of para-hydroxylation sites is 1. The molecular formula is C21H21N5O2S. The molecule has 1 N–H and O–H groups in total. The fourth-order valence-corrected chi connectivity index (χ4v) is 4.20. The van der Waals surface area contributed by atoms with E-state index in [1.165, 1.54) is 41.2 Å². The first-order valence-electron chi connectivity index (χ1n) is 9.38. The highest BCUT2D eigenvalue weighted by atomic mass is 32.1. The highest BCUT2D eigenvalue weighted by Crippen LogP contribution is 2.26. The Morgan fingerprint density at radius 1 is 1.07 bits per heavy atom. The van der Waals surface area contributed by atoms with Crippen LogP contribution in [0.15, 0.2) is 54.3 Å². The van der Waals surface area contributed by atoms with Crippen LogP contribution in [-0.2, 0) is 0 Å². The Labute approximate surface area is 173 Å². The Balaban J connectivity index is 1.42. The van der Waals surface area contributed by atoms with Gasteiger partial charge in [-0.05, 0) is 30.0 Å². The van der Waals surface area contributed by atoms with Gasteiger partial charge in [-0.15, -0.1) is 11.3 Å². The largest absolute Gasteiger partial charge is 0.368 e. The van der Waals surface area contributed by atoms with E-state index in [-0.39, 0.29) is 17.5 Å². The van der Waals surface area contributed by atoms with Gasteiger partial charge in [0.1, 0.15) is 10.6 Å². The van der Waals surface area contributed by atoms with Crippen molar-refractivity contribution < 1.29 is 9.59 Å². The zero-order valence-electron chi connectivity index (χ0n) is 16.0. The lowest BCUT2D eigenvalue weighted by Gasteiger charge is -2.36. The molecule has 1 saturated heterocycles. The van der Waals surface area contributed by atoms with E-state index in [9.17, 15) is 9.59 Å². The standard InChI is InChI=1S/C21H21N5O2S/c1-15-4-2-3-5-18(15)25-9-11-26(12-10-25)21(28)19-16(6-13-29-19)24-20(27)17-14-22-7-8-23-17/h2-8,13-14H,9-12H2,1H3,(H,24,27). The van der Waals surface area contributed by atoms with Crippen molar-refractivity contribution in [1.82, 2.24) is 14.9 Å². The van der Waals surface area contributed by atoms with E-state index in [0.717, 1.165) is 13.1 Å². The van der Waals surface area contributed by atoms with Gasteiger partial charge < -0.3 is 15.1 Å². The van der Waals surface area contributed by atoms with E-state index in [2.05, 4.69) is 39.2 Å². The van der Waals surface area contributed by atoms with Gasteiger partial charge in [-0.25, -0.2) is 4.98 Å². The Morgan fingerprint density at radius 3 is 2.59 bits per heavy atom. The van der Waals surface area contributed by atoms with Crippen molar-refractivity contribution in [2.45, 2.75) is 6.92 Å². The van der Waals surface area contributed by atoms with Gasteiger partial charge in [0.15, 0.2) is 0 Å². The molecule has 1 fully saturated rings. The van der Waals surface area contributed by atoms with Crippen molar-refractivity contribution in [2.75, 3.05) is 36.4 Å². The lowest BCUT2D eigenvalue weighted by molar-refractivity contribution is 0.0752. The third-order valence-electron chi connectivity index (χ3n) is 4.93. The average Bonchev–Trinajstić information content (AvgIpc) is 3.22.